The van der Waals surface area contributed by atoms with Crippen LogP contribution in [0.1, 0.15) is 6.42 Å². The van der Waals surface area contributed by atoms with E-state index in [2.05, 4.69) is 9.89 Å². The lowest BCUT2D eigenvalue weighted by atomic mass is 10.1. The van der Waals surface area contributed by atoms with Crippen LogP contribution in [-0.4, -0.2) is 74.2 Å². The van der Waals surface area contributed by atoms with Gasteiger partial charge in [0.25, 0.3) is 0 Å². The summed E-state index contributed by atoms with van der Waals surface area (Å²) in [6.07, 6.45) is 0.219. The summed E-state index contributed by atoms with van der Waals surface area (Å²) in [5.74, 6) is 0.133. The van der Waals surface area contributed by atoms with Gasteiger partial charge in [0.15, 0.2) is 15.8 Å². The highest BCUT2D eigenvalue weighted by molar-refractivity contribution is 7.91. The van der Waals surface area contributed by atoms with Crippen LogP contribution in [0.15, 0.2) is 29.3 Å². The summed E-state index contributed by atoms with van der Waals surface area (Å²) in [6.45, 7) is 3.06. The van der Waals surface area contributed by atoms with Crippen LogP contribution >= 0.6 is 11.6 Å². The molecule has 2 aliphatic heterocycles. The Labute approximate surface area is 153 Å². The van der Waals surface area contributed by atoms with Crippen molar-refractivity contribution in [2.75, 3.05) is 49.1 Å². The van der Waals surface area contributed by atoms with Gasteiger partial charge in [-0.1, -0.05) is 11.6 Å². The summed E-state index contributed by atoms with van der Waals surface area (Å²) >= 11 is 5.92. The van der Waals surface area contributed by atoms with Crippen LogP contribution in [0.4, 0.5) is 5.69 Å². The number of nitrogens with two attached hydrogens (primary N) is 1. The lowest BCUT2D eigenvalue weighted by Gasteiger charge is -2.36. The second-order valence-corrected chi connectivity index (χ2v) is 9.31. The molecule has 25 heavy (non-hydrogen) atoms. The van der Waals surface area contributed by atoms with E-state index < -0.39 is 15.4 Å². The predicted molar refractivity (Wildman–Crippen MR) is 99.9 cm³/mol. The smallest absolute Gasteiger partial charge is 0.191 e. The third-order valence-electron chi connectivity index (χ3n) is 4.70. The fourth-order valence-corrected chi connectivity index (χ4v) is 5.21. The maximum Gasteiger partial charge on any atom is 0.191 e. The Bertz CT molecular complexity index is 745. The summed E-state index contributed by atoms with van der Waals surface area (Å²) in [4.78, 5) is 8.45. The average Bonchev–Trinajstić information content (AvgIpc) is 2.87. The molecule has 0 aromatic heterocycles. The van der Waals surface area contributed by atoms with Gasteiger partial charge in [0.05, 0.1) is 23.7 Å². The Kier molecular flexibility index (Phi) is 5.13. The Morgan fingerprint density at radius 1 is 1.24 bits per heavy atom. The second-order valence-electron chi connectivity index (χ2n) is 6.69. The molecule has 0 saturated carbocycles. The minimum atomic E-state index is -3.16. The number of hydrogen-bond acceptors (Lipinski definition) is 5. The number of aliphatic imine (C=N–C) groups is 1. The largest absolute Gasteiger partial charge is 0.387 e. The number of benzene rings is 1. The highest BCUT2D eigenvalue weighted by Crippen LogP contribution is 2.24. The van der Waals surface area contributed by atoms with Gasteiger partial charge in [-0.25, -0.2) is 8.42 Å². The molecule has 2 saturated heterocycles. The van der Waals surface area contributed by atoms with E-state index in [1.54, 1.807) is 0 Å². The number of guanidine groups is 1. The molecule has 1 aromatic carbocycles. The van der Waals surface area contributed by atoms with Gasteiger partial charge in [-0.15, -0.1) is 0 Å². The molecular formula is C16H23ClN4O3S. The first-order valence-corrected chi connectivity index (χ1v) is 10.4. The number of anilines is 1. The van der Waals surface area contributed by atoms with Crippen molar-refractivity contribution in [2.45, 2.75) is 12.0 Å². The van der Waals surface area contributed by atoms with Crippen molar-refractivity contribution in [2.24, 2.45) is 10.7 Å². The molecule has 3 rings (SSSR count). The normalized spacial score (nSPS) is 26.9. The van der Waals surface area contributed by atoms with Crippen molar-refractivity contribution in [3.63, 3.8) is 0 Å². The first-order chi connectivity index (χ1) is 11.8. The minimum Gasteiger partial charge on any atom is -0.387 e. The van der Waals surface area contributed by atoms with E-state index in [1.165, 1.54) is 0 Å². The van der Waals surface area contributed by atoms with Crippen LogP contribution in [-0.2, 0) is 9.84 Å². The maximum absolute atomic E-state index is 11.5. The van der Waals surface area contributed by atoms with Crippen LogP contribution in [0.25, 0.3) is 0 Å². The molecule has 138 valence electrons. The van der Waals surface area contributed by atoms with Crippen LogP contribution in [0.5, 0.6) is 0 Å². The number of rotatable bonds is 3. The van der Waals surface area contributed by atoms with Crippen molar-refractivity contribution in [1.29, 1.82) is 0 Å². The van der Waals surface area contributed by atoms with Crippen molar-refractivity contribution >= 4 is 33.1 Å². The molecule has 1 unspecified atom stereocenters. The molecular weight excluding hydrogens is 364 g/mol. The molecule has 2 heterocycles. The van der Waals surface area contributed by atoms with E-state index in [4.69, 9.17) is 17.3 Å². The summed E-state index contributed by atoms with van der Waals surface area (Å²) in [5, 5.41) is 11.0. The Morgan fingerprint density at radius 3 is 2.44 bits per heavy atom. The van der Waals surface area contributed by atoms with Gasteiger partial charge in [-0.05, 0) is 30.7 Å². The number of sulfone groups is 1. The van der Waals surface area contributed by atoms with Crippen LogP contribution in [0.2, 0.25) is 5.02 Å². The zero-order valence-corrected chi connectivity index (χ0v) is 15.5. The molecule has 1 atom stereocenters. The maximum atomic E-state index is 11.5. The molecule has 2 fully saturated rings. The number of halogens is 1. The summed E-state index contributed by atoms with van der Waals surface area (Å²) < 4.78 is 23.0. The molecule has 0 aliphatic carbocycles. The molecule has 0 bridgehead atoms. The third kappa shape index (κ3) is 4.56. The average molecular weight is 387 g/mol. The van der Waals surface area contributed by atoms with E-state index in [-0.39, 0.29) is 24.5 Å². The second kappa shape index (κ2) is 7.01. The molecule has 0 radical (unpaired) electrons. The van der Waals surface area contributed by atoms with Gasteiger partial charge in [0.2, 0.25) is 0 Å². The lowest BCUT2D eigenvalue weighted by Crippen LogP contribution is -2.51. The lowest BCUT2D eigenvalue weighted by molar-refractivity contribution is 0.0771. The predicted octanol–water partition coefficient (Wildman–Crippen LogP) is 0.326. The van der Waals surface area contributed by atoms with E-state index in [0.29, 0.717) is 24.1 Å². The van der Waals surface area contributed by atoms with Crippen LogP contribution < -0.4 is 10.6 Å². The summed E-state index contributed by atoms with van der Waals surface area (Å²) in [6, 6.07) is 7.72. The molecule has 0 spiro atoms. The molecule has 7 nitrogen and oxygen atoms in total. The van der Waals surface area contributed by atoms with Gasteiger partial charge >= 0.3 is 0 Å². The molecule has 0 amide bonds. The summed E-state index contributed by atoms with van der Waals surface area (Å²) in [7, 11) is -3.16. The fourth-order valence-electron chi connectivity index (χ4n) is 3.20. The van der Waals surface area contributed by atoms with Crippen LogP contribution in [0, 0.1) is 0 Å². The number of hydrogen-bond donors (Lipinski definition) is 2. The first-order valence-electron chi connectivity index (χ1n) is 8.25. The number of piperazine rings is 1. The molecule has 9 heteroatoms. The van der Waals surface area contributed by atoms with Gasteiger partial charge in [0, 0.05) is 36.9 Å². The number of nitrogens with zero attached hydrogens (tertiary/aromatic N) is 3. The third-order valence-corrected chi connectivity index (χ3v) is 6.75. The van der Waals surface area contributed by atoms with Crippen molar-refractivity contribution in [3.8, 4) is 0 Å². The monoisotopic (exact) mass is 386 g/mol. The summed E-state index contributed by atoms with van der Waals surface area (Å²) in [5.41, 5.74) is 5.87. The van der Waals surface area contributed by atoms with E-state index >= 15 is 0 Å². The Balaban J connectivity index is 1.54. The highest BCUT2D eigenvalue weighted by atomic mass is 35.5. The fraction of sp³-hybridized carbons (Fsp3) is 0.562. The van der Waals surface area contributed by atoms with Gasteiger partial charge in [0.1, 0.15) is 0 Å². The van der Waals surface area contributed by atoms with Crippen molar-refractivity contribution in [3.05, 3.63) is 29.3 Å². The van der Waals surface area contributed by atoms with E-state index in [9.17, 15) is 13.5 Å². The van der Waals surface area contributed by atoms with Gasteiger partial charge in [-0.3, -0.25) is 4.99 Å². The quantitative estimate of drug-likeness (QED) is 0.573. The zero-order chi connectivity index (χ0) is 18.1. The minimum absolute atomic E-state index is 0.0126. The van der Waals surface area contributed by atoms with Crippen molar-refractivity contribution in [1.82, 2.24) is 4.90 Å². The first kappa shape index (κ1) is 18.3. The van der Waals surface area contributed by atoms with Crippen LogP contribution in [0.3, 0.4) is 0 Å². The van der Waals surface area contributed by atoms with Gasteiger partial charge in [-0.2, -0.15) is 0 Å². The standard InChI is InChI=1S/C16H23ClN4O3S/c17-13-1-3-14(4-2-13)20-6-8-21(9-7-20)15(18)19-11-16(22)5-10-25(23,24)12-16/h1-4,22H,5-12H2,(H2,18,19). The van der Waals surface area contributed by atoms with E-state index in [0.717, 1.165) is 18.8 Å². The zero-order valence-electron chi connectivity index (χ0n) is 13.9. The molecule has 1 aromatic rings. The van der Waals surface area contributed by atoms with Gasteiger partial charge < -0.3 is 20.6 Å². The Hall–Kier alpha value is -1.51. The molecule has 2 aliphatic rings. The van der Waals surface area contributed by atoms with E-state index in [1.807, 2.05) is 29.2 Å². The number of aliphatic hydroxyl groups is 1. The SMILES string of the molecule is NC(=NCC1(O)CCS(=O)(=O)C1)N1CCN(c2ccc(Cl)cc2)CC1. The molecule has 3 N–H and O–H groups in total. The highest BCUT2D eigenvalue weighted by Gasteiger charge is 2.40. The van der Waals surface area contributed by atoms with Crippen molar-refractivity contribution < 1.29 is 13.5 Å². The topological polar surface area (TPSA) is 99.2 Å². The Morgan fingerprint density at radius 2 is 1.88 bits per heavy atom.